The average Bonchev–Trinajstić information content (AvgIpc) is 1.89. The second kappa shape index (κ2) is 6.64. The Morgan fingerprint density at radius 3 is 2.70 bits per heavy atom. The van der Waals surface area contributed by atoms with Crippen LogP contribution < -0.4 is 0 Å². The highest BCUT2D eigenvalue weighted by molar-refractivity contribution is 4.86. The Morgan fingerprint density at radius 2 is 2.20 bits per heavy atom. The Bertz CT molecular complexity index is 102. The zero-order valence-corrected chi connectivity index (χ0v) is 6.64. The number of aliphatic hydroxyl groups excluding tert-OH is 1. The molecule has 58 valence electrons. The van der Waals surface area contributed by atoms with Crippen molar-refractivity contribution in [3.63, 3.8) is 0 Å². The van der Waals surface area contributed by atoms with E-state index in [1.165, 1.54) is 12.8 Å². The van der Waals surface area contributed by atoms with Crippen LogP contribution in [-0.4, -0.2) is 11.2 Å². The van der Waals surface area contributed by atoms with Crippen LogP contribution in [0.1, 0.15) is 39.0 Å². The number of rotatable bonds is 5. The van der Waals surface area contributed by atoms with E-state index in [-0.39, 0.29) is 6.10 Å². The van der Waals surface area contributed by atoms with Crippen LogP contribution >= 0.6 is 0 Å². The third-order valence-corrected chi connectivity index (χ3v) is 1.49. The van der Waals surface area contributed by atoms with Crippen LogP contribution in [0, 0.1) is 12.3 Å². The van der Waals surface area contributed by atoms with Crippen molar-refractivity contribution < 1.29 is 5.11 Å². The first kappa shape index (κ1) is 9.52. The normalized spacial score (nSPS) is 12.5. The molecule has 0 spiro atoms. The minimum Gasteiger partial charge on any atom is -0.392 e. The van der Waals surface area contributed by atoms with Gasteiger partial charge in [0.2, 0.25) is 0 Å². The molecule has 0 saturated heterocycles. The molecule has 0 radical (unpaired) electrons. The zero-order chi connectivity index (χ0) is 7.82. The summed E-state index contributed by atoms with van der Waals surface area (Å²) in [5.74, 6) is 2.44. The molecule has 0 aliphatic heterocycles. The van der Waals surface area contributed by atoms with Gasteiger partial charge in [-0.1, -0.05) is 26.2 Å². The van der Waals surface area contributed by atoms with Crippen LogP contribution in [0.15, 0.2) is 0 Å². The van der Waals surface area contributed by atoms with Gasteiger partial charge in [-0.2, -0.15) is 0 Å². The summed E-state index contributed by atoms with van der Waals surface area (Å²) in [5.41, 5.74) is 0. The third-order valence-electron chi connectivity index (χ3n) is 1.49. The van der Waals surface area contributed by atoms with Crippen LogP contribution in [-0.2, 0) is 0 Å². The molecule has 1 nitrogen and oxygen atoms in total. The molecule has 0 aromatic heterocycles. The van der Waals surface area contributed by atoms with Crippen molar-refractivity contribution in [1.82, 2.24) is 0 Å². The Balaban J connectivity index is 3.06. The number of hydrogen-bond acceptors (Lipinski definition) is 1. The molecular formula is C9H16O. The molecule has 0 rings (SSSR count). The number of hydrogen-bond donors (Lipinski definition) is 1. The lowest BCUT2D eigenvalue weighted by Gasteiger charge is -2.04. The largest absolute Gasteiger partial charge is 0.392 e. The molecule has 1 N–H and O–H groups in total. The first-order valence-electron chi connectivity index (χ1n) is 3.92. The van der Waals surface area contributed by atoms with Gasteiger partial charge in [0.15, 0.2) is 0 Å². The van der Waals surface area contributed by atoms with E-state index >= 15 is 0 Å². The fourth-order valence-corrected chi connectivity index (χ4v) is 0.868. The van der Waals surface area contributed by atoms with Gasteiger partial charge in [0.25, 0.3) is 0 Å². The minimum atomic E-state index is -0.267. The van der Waals surface area contributed by atoms with Gasteiger partial charge in [0.05, 0.1) is 6.10 Å². The molecule has 10 heavy (non-hydrogen) atoms. The second-order valence-corrected chi connectivity index (χ2v) is 2.56. The lowest BCUT2D eigenvalue weighted by Crippen LogP contribution is -2.03. The van der Waals surface area contributed by atoms with Crippen LogP contribution in [0.5, 0.6) is 0 Å². The first-order valence-corrected chi connectivity index (χ1v) is 3.92. The maximum atomic E-state index is 9.13. The number of terminal acetylenes is 1. The highest BCUT2D eigenvalue weighted by Gasteiger charge is 1.99. The maximum absolute atomic E-state index is 9.13. The smallest absolute Gasteiger partial charge is 0.0649 e. The SMILES string of the molecule is C#CC[C@@H](O)CCCCC. The zero-order valence-electron chi connectivity index (χ0n) is 6.64. The minimum absolute atomic E-state index is 0.267. The fourth-order valence-electron chi connectivity index (χ4n) is 0.868. The summed E-state index contributed by atoms with van der Waals surface area (Å²) >= 11 is 0. The Hall–Kier alpha value is -0.480. The van der Waals surface area contributed by atoms with E-state index in [9.17, 15) is 0 Å². The predicted molar refractivity (Wildman–Crippen MR) is 43.6 cm³/mol. The summed E-state index contributed by atoms with van der Waals surface area (Å²) in [6.45, 7) is 2.15. The molecule has 0 unspecified atom stereocenters. The van der Waals surface area contributed by atoms with E-state index < -0.39 is 0 Å². The van der Waals surface area contributed by atoms with Crippen molar-refractivity contribution in [1.29, 1.82) is 0 Å². The van der Waals surface area contributed by atoms with Gasteiger partial charge < -0.3 is 5.11 Å². The lowest BCUT2D eigenvalue weighted by molar-refractivity contribution is 0.166. The van der Waals surface area contributed by atoms with Crippen LogP contribution in [0.4, 0.5) is 0 Å². The fraction of sp³-hybridized carbons (Fsp3) is 0.778. The summed E-state index contributed by atoms with van der Waals surface area (Å²) < 4.78 is 0. The average molecular weight is 140 g/mol. The van der Waals surface area contributed by atoms with Crippen LogP contribution in [0.2, 0.25) is 0 Å². The summed E-state index contributed by atoms with van der Waals surface area (Å²) in [7, 11) is 0. The van der Waals surface area contributed by atoms with Gasteiger partial charge in [-0.25, -0.2) is 0 Å². The van der Waals surface area contributed by atoms with Crippen molar-refractivity contribution in [3.05, 3.63) is 0 Å². The number of aliphatic hydroxyl groups is 1. The molecular weight excluding hydrogens is 124 g/mol. The molecule has 0 amide bonds. The maximum Gasteiger partial charge on any atom is 0.0649 e. The number of unbranched alkanes of at least 4 members (excludes halogenated alkanes) is 2. The highest BCUT2D eigenvalue weighted by atomic mass is 16.3. The second-order valence-electron chi connectivity index (χ2n) is 2.56. The van der Waals surface area contributed by atoms with E-state index in [0.717, 1.165) is 12.8 Å². The molecule has 0 saturated carbocycles. The molecule has 0 heterocycles. The van der Waals surface area contributed by atoms with Gasteiger partial charge in [0, 0.05) is 6.42 Å². The van der Waals surface area contributed by atoms with Crippen LogP contribution in [0.3, 0.4) is 0 Å². The molecule has 0 bridgehead atoms. The third kappa shape index (κ3) is 5.65. The standard InChI is InChI=1S/C9H16O/c1-3-5-6-8-9(10)7-4-2/h2,9-10H,3,5-8H2,1H3/t9-/m1/s1. The van der Waals surface area contributed by atoms with Gasteiger partial charge in [-0.15, -0.1) is 12.3 Å². The Labute approximate surface area is 63.5 Å². The Morgan fingerprint density at radius 1 is 1.50 bits per heavy atom. The summed E-state index contributed by atoms with van der Waals surface area (Å²) in [4.78, 5) is 0. The molecule has 1 atom stereocenters. The molecule has 0 fully saturated rings. The molecule has 0 aromatic carbocycles. The van der Waals surface area contributed by atoms with E-state index in [4.69, 9.17) is 11.5 Å². The Kier molecular flexibility index (Phi) is 6.32. The monoisotopic (exact) mass is 140 g/mol. The van der Waals surface area contributed by atoms with Crippen molar-refractivity contribution in [2.24, 2.45) is 0 Å². The molecule has 1 heteroatoms. The lowest BCUT2D eigenvalue weighted by atomic mass is 10.1. The van der Waals surface area contributed by atoms with Gasteiger partial charge in [0.1, 0.15) is 0 Å². The summed E-state index contributed by atoms with van der Waals surface area (Å²) in [6, 6.07) is 0. The summed E-state index contributed by atoms with van der Waals surface area (Å²) in [5, 5.41) is 9.13. The quantitative estimate of drug-likeness (QED) is 0.457. The molecule has 0 aromatic rings. The van der Waals surface area contributed by atoms with Crippen LogP contribution in [0.25, 0.3) is 0 Å². The van der Waals surface area contributed by atoms with E-state index in [1.54, 1.807) is 0 Å². The van der Waals surface area contributed by atoms with Crippen molar-refractivity contribution in [3.8, 4) is 12.3 Å². The van der Waals surface area contributed by atoms with E-state index in [1.807, 2.05) is 0 Å². The van der Waals surface area contributed by atoms with E-state index in [0.29, 0.717) is 6.42 Å². The van der Waals surface area contributed by atoms with Crippen molar-refractivity contribution >= 4 is 0 Å². The predicted octanol–water partition coefficient (Wildman–Crippen LogP) is 1.95. The first-order chi connectivity index (χ1) is 4.81. The van der Waals surface area contributed by atoms with Gasteiger partial charge in [-0.3, -0.25) is 0 Å². The highest BCUT2D eigenvalue weighted by Crippen LogP contribution is 2.04. The van der Waals surface area contributed by atoms with E-state index in [2.05, 4.69) is 12.8 Å². The molecule has 0 aliphatic carbocycles. The molecule has 0 aliphatic rings. The van der Waals surface area contributed by atoms with Crippen molar-refractivity contribution in [2.75, 3.05) is 0 Å². The van der Waals surface area contributed by atoms with Gasteiger partial charge >= 0.3 is 0 Å². The van der Waals surface area contributed by atoms with Gasteiger partial charge in [-0.05, 0) is 6.42 Å². The topological polar surface area (TPSA) is 20.2 Å². The van der Waals surface area contributed by atoms with Crippen molar-refractivity contribution in [2.45, 2.75) is 45.1 Å². The summed E-state index contributed by atoms with van der Waals surface area (Å²) in [6.07, 6.45) is 9.61.